The van der Waals surface area contributed by atoms with Crippen molar-refractivity contribution in [3.8, 4) is 6.07 Å². The van der Waals surface area contributed by atoms with Crippen molar-refractivity contribution in [2.75, 3.05) is 0 Å². The number of halogens is 1. The number of nitriles is 1. The minimum absolute atomic E-state index is 0.357. The van der Waals surface area contributed by atoms with E-state index in [-0.39, 0.29) is 0 Å². The fourth-order valence-corrected chi connectivity index (χ4v) is 0.767. The summed E-state index contributed by atoms with van der Waals surface area (Å²) in [6.45, 7) is 0. The lowest BCUT2D eigenvalue weighted by molar-refractivity contribution is 1.16. The van der Waals surface area contributed by atoms with Gasteiger partial charge in [0.15, 0.2) is 0 Å². The van der Waals surface area contributed by atoms with Gasteiger partial charge in [-0.1, -0.05) is 0 Å². The molecule has 0 N–H and O–H groups in total. The van der Waals surface area contributed by atoms with Crippen molar-refractivity contribution < 1.29 is 0 Å². The topological polar surface area (TPSA) is 36.7 Å². The van der Waals surface area contributed by atoms with Gasteiger partial charge in [0.25, 0.3) is 0 Å². The summed E-state index contributed by atoms with van der Waals surface area (Å²) in [5, 5.41) is 8.44. The van der Waals surface area contributed by atoms with Crippen LogP contribution in [0.1, 0.15) is 11.3 Å². The van der Waals surface area contributed by atoms with Crippen LogP contribution >= 0.6 is 11.6 Å². The predicted molar refractivity (Wildman–Crippen MR) is 38.5 cm³/mol. The van der Waals surface area contributed by atoms with Crippen LogP contribution in [0.3, 0.4) is 0 Å². The van der Waals surface area contributed by atoms with Crippen molar-refractivity contribution >= 4 is 11.6 Å². The summed E-state index contributed by atoms with van der Waals surface area (Å²) in [6.07, 6.45) is 1.58. The molecular weight excluding hydrogens is 148 g/mol. The van der Waals surface area contributed by atoms with Gasteiger partial charge in [-0.15, -0.1) is 11.6 Å². The summed E-state index contributed by atoms with van der Waals surface area (Å²) in [5.74, 6) is 0.357. The van der Waals surface area contributed by atoms with Crippen LogP contribution < -0.4 is 0 Å². The average molecular weight is 153 g/mol. The molecule has 0 aliphatic carbocycles. The minimum atomic E-state index is 0.357. The standard InChI is InChI=1S/C7H5ClN2/c8-4-7-3-6(5-9)1-2-10-7/h1-3H,4H2. The van der Waals surface area contributed by atoms with E-state index in [2.05, 4.69) is 4.98 Å². The Kier molecular flexibility index (Phi) is 2.24. The molecule has 50 valence electrons. The summed E-state index contributed by atoms with van der Waals surface area (Å²) in [4.78, 5) is 3.92. The Hall–Kier alpha value is -1.07. The normalized spacial score (nSPS) is 8.80. The Bertz CT molecular complexity index is 265. The van der Waals surface area contributed by atoms with Crippen LogP contribution in [0.4, 0.5) is 0 Å². The number of hydrogen-bond acceptors (Lipinski definition) is 2. The molecule has 0 fully saturated rings. The smallest absolute Gasteiger partial charge is 0.0992 e. The van der Waals surface area contributed by atoms with Gasteiger partial charge in [0, 0.05) is 6.20 Å². The van der Waals surface area contributed by atoms with Crippen LogP contribution in [0.2, 0.25) is 0 Å². The second-order valence-corrected chi connectivity index (χ2v) is 2.05. The van der Waals surface area contributed by atoms with E-state index < -0.39 is 0 Å². The third kappa shape index (κ3) is 1.46. The second-order valence-electron chi connectivity index (χ2n) is 1.78. The first-order chi connectivity index (χ1) is 4.86. The van der Waals surface area contributed by atoms with Gasteiger partial charge in [-0.2, -0.15) is 5.26 Å². The number of nitrogens with zero attached hydrogens (tertiary/aromatic N) is 2. The quantitative estimate of drug-likeness (QED) is 0.575. The highest BCUT2D eigenvalue weighted by Gasteiger charge is 1.92. The van der Waals surface area contributed by atoms with Crippen LogP contribution in [0.25, 0.3) is 0 Å². The van der Waals surface area contributed by atoms with Crippen LogP contribution in [-0.2, 0) is 5.88 Å². The highest BCUT2D eigenvalue weighted by molar-refractivity contribution is 6.16. The van der Waals surface area contributed by atoms with Gasteiger partial charge in [-0.3, -0.25) is 4.98 Å². The molecule has 0 aliphatic rings. The molecule has 0 aliphatic heterocycles. The molecule has 0 bridgehead atoms. The number of hydrogen-bond donors (Lipinski definition) is 0. The summed E-state index contributed by atoms with van der Waals surface area (Å²) >= 11 is 5.48. The molecule has 10 heavy (non-hydrogen) atoms. The van der Waals surface area contributed by atoms with Gasteiger partial charge in [-0.25, -0.2) is 0 Å². The Morgan fingerprint density at radius 3 is 3.10 bits per heavy atom. The second kappa shape index (κ2) is 3.19. The summed E-state index contributed by atoms with van der Waals surface area (Å²) < 4.78 is 0. The first kappa shape index (κ1) is 7.04. The zero-order valence-corrected chi connectivity index (χ0v) is 5.97. The summed E-state index contributed by atoms with van der Waals surface area (Å²) in [6, 6.07) is 5.33. The van der Waals surface area contributed by atoms with Gasteiger partial charge in [0.1, 0.15) is 0 Å². The van der Waals surface area contributed by atoms with Crippen molar-refractivity contribution in [3.05, 3.63) is 29.6 Å². The van der Waals surface area contributed by atoms with E-state index in [0.29, 0.717) is 11.4 Å². The Morgan fingerprint density at radius 2 is 2.50 bits per heavy atom. The zero-order valence-electron chi connectivity index (χ0n) is 5.21. The van der Waals surface area contributed by atoms with Crippen LogP contribution in [0.15, 0.2) is 18.3 Å². The summed E-state index contributed by atoms with van der Waals surface area (Å²) in [7, 11) is 0. The lowest BCUT2D eigenvalue weighted by atomic mass is 10.2. The maximum atomic E-state index is 8.44. The maximum absolute atomic E-state index is 8.44. The Morgan fingerprint density at radius 1 is 1.70 bits per heavy atom. The number of aromatic nitrogens is 1. The van der Waals surface area contributed by atoms with E-state index in [0.717, 1.165) is 5.69 Å². The monoisotopic (exact) mass is 152 g/mol. The van der Waals surface area contributed by atoms with E-state index in [1.807, 2.05) is 6.07 Å². The molecule has 1 aromatic rings. The van der Waals surface area contributed by atoms with Crippen molar-refractivity contribution in [1.82, 2.24) is 4.98 Å². The molecule has 0 saturated carbocycles. The molecule has 1 rings (SSSR count). The average Bonchev–Trinajstić information content (AvgIpc) is 2.05. The molecule has 2 nitrogen and oxygen atoms in total. The molecule has 1 heterocycles. The number of pyridine rings is 1. The van der Waals surface area contributed by atoms with E-state index in [4.69, 9.17) is 16.9 Å². The van der Waals surface area contributed by atoms with E-state index in [9.17, 15) is 0 Å². The van der Waals surface area contributed by atoms with Gasteiger partial charge in [0.05, 0.1) is 23.2 Å². The lowest BCUT2D eigenvalue weighted by Gasteiger charge is -1.91. The van der Waals surface area contributed by atoms with Gasteiger partial charge in [0.2, 0.25) is 0 Å². The first-order valence-electron chi connectivity index (χ1n) is 2.78. The molecule has 0 atom stereocenters. The third-order valence-electron chi connectivity index (χ3n) is 1.08. The van der Waals surface area contributed by atoms with Crippen molar-refractivity contribution in [3.63, 3.8) is 0 Å². The lowest BCUT2D eigenvalue weighted by Crippen LogP contribution is -1.84. The molecule has 1 aromatic heterocycles. The Balaban J connectivity index is 3.01. The highest BCUT2D eigenvalue weighted by Crippen LogP contribution is 2.02. The molecule has 3 heteroatoms. The molecule has 0 amide bonds. The third-order valence-corrected chi connectivity index (χ3v) is 1.36. The van der Waals surface area contributed by atoms with Crippen molar-refractivity contribution in [2.45, 2.75) is 5.88 Å². The van der Waals surface area contributed by atoms with Crippen LogP contribution in [0.5, 0.6) is 0 Å². The molecule has 0 unspecified atom stereocenters. The molecular formula is C7H5ClN2. The SMILES string of the molecule is N#Cc1ccnc(CCl)c1. The summed E-state index contributed by atoms with van der Waals surface area (Å²) in [5.41, 5.74) is 1.34. The molecule has 0 saturated heterocycles. The molecule has 0 spiro atoms. The molecule has 0 radical (unpaired) electrons. The molecule has 0 aromatic carbocycles. The largest absolute Gasteiger partial charge is 0.260 e. The fourth-order valence-electron chi connectivity index (χ4n) is 0.621. The van der Waals surface area contributed by atoms with Crippen molar-refractivity contribution in [2.24, 2.45) is 0 Å². The first-order valence-corrected chi connectivity index (χ1v) is 3.31. The fraction of sp³-hybridized carbons (Fsp3) is 0.143. The number of rotatable bonds is 1. The van der Waals surface area contributed by atoms with Gasteiger partial charge in [-0.05, 0) is 12.1 Å². The van der Waals surface area contributed by atoms with Crippen molar-refractivity contribution in [1.29, 1.82) is 5.26 Å². The van der Waals surface area contributed by atoms with E-state index >= 15 is 0 Å². The van der Waals surface area contributed by atoms with E-state index in [1.54, 1.807) is 18.3 Å². The van der Waals surface area contributed by atoms with Gasteiger partial charge < -0.3 is 0 Å². The maximum Gasteiger partial charge on any atom is 0.0992 e. The zero-order chi connectivity index (χ0) is 7.40. The Labute approximate surface area is 64.1 Å². The minimum Gasteiger partial charge on any atom is -0.260 e. The van der Waals surface area contributed by atoms with Gasteiger partial charge >= 0.3 is 0 Å². The predicted octanol–water partition coefficient (Wildman–Crippen LogP) is 1.69. The number of alkyl halides is 1. The highest BCUT2D eigenvalue weighted by atomic mass is 35.5. The van der Waals surface area contributed by atoms with Crippen LogP contribution in [-0.4, -0.2) is 4.98 Å². The van der Waals surface area contributed by atoms with Crippen LogP contribution in [0, 0.1) is 11.3 Å². The van der Waals surface area contributed by atoms with E-state index in [1.165, 1.54) is 0 Å².